The summed E-state index contributed by atoms with van der Waals surface area (Å²) in [7, 11) is 0. The molecule has 2 aliphatic rings. The molecule has 0 N–H and O–H groups in total. The third-order valence-electron chi connectivity index (χ3n) is 14.8. The van der Waals surface area contributed by atoms with Gasteiger partial charge in [-0.3, -0.25) is 4.98 Å². The average molecular weight is 777 g/mol. The van der Waals surface area contributed by atoms with Crippen LogP contribution in [0.1, 0.15) is 53.3 Å². The van der Waals surface area contributed by atoms with Gasteiger partial charge in [-0.25, -0.2) is 0 Å². The van der Waals surface area contributed by atoms with Crippen LogP contribution in [0.3, 0.4) is 0 Å². The summed E-state index contributed by atoms with van der Waals surface area (Å²) in [6.45, 7) is 7.12. The smallest absolute Gasteiger partial charge is 0.0712 e. The van der Waals surface area contributed by atoms with Crippen LogP contribution in [-0.2, 0) is 11.8 Å². The molecule has 286 valence electrons. The van der Waals surface area contributed by atoms with Crippen molar-refractivity contribution in [3.63, 3.8) is 0 Å². The van der Waals surface area contributed by atoms with Crippen molar-refractivity contribution in [2.24, 2.45) is 0 Å². The Morgan fingerprint density at radius 2 is 1.20 bits per heavy atom. The van der Waals surface area contributed by atoms with Gasteiger partial charge in [-0.05, 0) is 109 Å². The van der Waals surface area contributed by atoms with E-state index in [9.17, 15) is 0 Å². The molecule has 2 nitrogen and oxygen atoms in total. The lowest BCUT2D eigenvalue weighted by atomic mass is 9.71. The molecule has 61 heavy (non-hydrogen) atoms. The number of aromatic nitrogens is 2. The Morgan fingerprint density at radius 3 is 2.08 bits per heavy atom. The monoisotopic (exact) mass is 776 g/mol. The number of hydrogen-bond acceptors (Lipinski definition) is 1. The van der Waals surface area contributed by atoms with Crippen LogP contribution >= 0.6 is 0 Å². The minimum absolute atomic E-state index is 0.00613. The van der Waals surface area contributed by atoms with E-state index in [2.05, 4.69) is 195 Å². The molecule has 0 saturated heterocycles. The first-order valence-corrected chi connectivity index (χ1v) is 21.7. The predicted octanol–water partition coefficient (Wildman–Crippen LogP) is 15.3. The van der Waals surface area contributed by atoms with E-state index >= 15 is 0 Å². The Hall–Kier alpha value is -7.29. The van der Waals surface area contributed by atoms with Gasteiger partial charge in [-0.2, -0.15) is 0 Å². The SMILES string of the molecule is Cc1c(C2Cc3ccc4ccccc4c3-c3c2c2c4cccc5c6ccccc6n(c54)c2c2ccccc32)nc2ccccc2c1-c1ccc2c(c1)C(C)(C)c1ccccc1-2. The van der Waals surface area contributed by atoms with Crippen molar-refractivity contribution in [3.05, 3.63) is 203 Å². The molecule has 0 radical (unpaired) electrons. The van der Waals surface area contributed by atoms with Crippen LogP contribution in [0.2, 0.25) is 0 Å². The summed E-state index contributed by atoms with van der Waals surface area (Å²) in [6.07, 6.45) is 0.863. The third-order valence-corrected chi connectivity index (χ3v) is 14.8. The summed E-state index contributed by atoms with van der Waals surface area (Å²) >= 11 is 0. The van der Waals surface area contributed by atoms with E-state index in [0.29, 0.717) is 0 Å². The second-order valence-electron chi connectivity index (χ2n) is 18.1. The van der Waals surface area contributed by atoms with Gasteiger partial charge in [-0.15, -0.1) is 0 Å². The molecule has 2 aliphatic carbocycles. The first-order chi connectivity index (χ1) is 30.0. The van der Waals surface area contributed by atoms with Crippen molar-refractivity contribution in [2.45, 2.75) is 38.5 Å². The molecule has 0 spiro atoms. The Bertz CT molecular complexity index is 3900. The fourth-order valence-electron chi connectivity index (χ4n) is 12.2. The zero-order valence-corrected chi connectivity index (χ0v) is 34.3. The van der Waals surface area contributed by atoms with Crippen LogP contribution in [0.15, 0.2) is 170 Å². The summed E-state index contributed by atoms with van der Waals surface area (Å²) in [5.41, 5.74) is 20.8. The van der Waals surface area contributed by atoms with Crippen molar-refractivity contribution in [1.29, 1.82) is 0 Å². The molecule has 1 unspecified atom stereocenters. The standard InChI is InChI=1S/C59H40N2/c1-33-51(36-29-30-39-38-17-8-11-24-47(38)59(2,3)48(39)32-36)44-21-9-12-25-49(44)60-56(33)46-31-35-28-27-34-15-4-5-16-37(34)52(35)53-41-19-6-7-20-43(41)58-55(54(46)53)45-23-14-22-42-40-18-10-13-26-50(40)61(58)57(42)45/h4-30,32,46H,31H2,1-3H3. The quantitative estimate of drug-likeness (QED) is 0.171. The van der Waals surface area contributed by atoms with E-state index in [1.165, 1.54) is 132 Å². The number of rotatable bonds is 2. The van der Waals surface area contributed by atoms with Gasteiger partial charge in [0, 0.05) is 43.7 Å². The van der Waals surface area contributed by atoms with Crippen molar-refractivity contribution >= 4 is 70.5 Å². The minimum atomic E-state index is -0.0976. The predicted molar refractivity (Wildman–Crippen MR) is 257 cm³/mol. The van der Waals surface area contributed by atoms with Crippen LogP contribution < -0.4 is 0 Å². The molecule has 12 aromatic rings. The van der Waals surface area contributed by atoms with E-state index in [1.54, 1.807) is 0 Å². The van der Waals surface area contributed by atoms with Gasteiger partial charge in [0.1, 0.15) is 0 Å². The van der Waals surface area contributed by atoms with Gasteiger partial charge in [0.2, 0.25) is 0 Å². The number of para-hydroxylation sites is 3. The second-order valence-corrected chi connectivity index (χ2v) is 18.1. The van der Waals surface area contributed by atoms with E-state index in [1.807, 2.05) is 0 Å². The molecule has 3 aromatic heterocycles. The molecule has 0 bridgehead atoms. The fraction of sp³-hybridized carbons (Fsp3) is 0.102. The molecule has 0 amide bonds. The van der Waals surface area contributed by atoms with E-state index < -0.39 is 0 Å². The van der Waals surface area contributed by atoms with Gasteiger partial charge in [0.15, 0.2) is 0 Å². The minimum Gasteiger partial charge on any atom is -0.307 e. The van der Waals surface area contributed by atoms with E-state index in [-0.39, 0.29) is 11.3 Å². The summed E-state index contributed by atoms with van der Waals surface area (Å²) < 4.78 is 2.59. The summed E-state index contributed by atoms with van der Waals surface area (Å²) in [6, 6.07) is 63.9. The largest absolute Gasteiger partial charge is 0.307 e. The molecule has 3 heterocycles. The number of fused-ring (bicyclic) bond motifs is 19. The lowest BCUT2D eigenvalue weighted by Gasteiger charge is -2.32. The molecule has 14 rings (SSSR count). The molecule has 1 atom stereocenters. The molecular weight excluding hydrogens is 737 g/mol. The van der Waals surface area contributed by atoms with Crippen molar-refractivity contribution in [3.8, 4) is 33.4 Å². The number of pyridine rings is 1. The van der Waals surface area contributed by atoms with Gasteiger partial charge in [0.25, 0.3) is 0 Å². The number of benzene rings is 9. The zero-order chi connectivity index (χ0) is 40.3. The lowest BCUT2D eigenvalue weighted by molar-refractivity contribution is 0.660. The normalized spacial score (nSPS) is 15.4. The van der Waals surface area contributed by atoms with E-state index in [4.69, 9.17) is 4.98 Å². The maximum Gasteiger partial charge on any atom is 0.0712 e. The average Bonchev–Trinajstić information content (AvgIpc) is 3.91. The topological polar surface area (TPSA) is 17.3 Å². The molecule has 0 fully saturated rings. The Labute approximate surface area is 353 Å². The summed E-state index contributed by atoms with van der Waals surface area (Å²) in [5.74, 6) is 0.00613. The van der Waals surface area contributed by atoms with Gasteiger partial charge in [-0.1, -0.05) is 166 Å². The van der Waals surface area contributed by atoms with Crippen LogP contribution in [-0.4, -0.2) is 9.38 Å². The Balaban J connectivity index is 1.14. The summed E-state index contributed by atoms with van der Waals surface area (Å²) in [5, 5.41) is 11.7. The van der Waals surface area contributed by atoms with Crippen LogP contribution in [0, 0.1) is 6.92 Å². The van der Waals surface area contributed by atoms with Crippen LogP contribution in [0.25, 0.3) is 104 Å². The molecule has 0 aliphatic heterocycles. The van der Waals surface area contributed by atoms with E-state index in [0.717, 1.165) is 11.9 Å². The third kappa shape index (κ3) is 4.20. The second kappa shape index (κ2) is 11.7. The zero-order valence-electron chi connectivity index (χ0n) is 34.3. The maximum atomic E-state index is 5.79. The highest BCUT2D eigenvalue weighted by atomic mass is 14.9. The highest BCUT2D eigenvalue weighted by Gasteiger charge is 2.38. The van der Waals surface area contributed by atoms with Crippen molar-refractivity contribution in [2.75, 3.05) is 0 Å². The van der Waals surface area contributed by atoms with Crippen molar-refractivity contribution < 1.29 is 0 Å². The lowest BCUT2D eigenvalue weighted by Crippen LogP contribution is -2.17. The van der Waals surface area contributed by atoms with Crippen LogP contribution in [0.5, 0.6) is 0 Å². The first-order valence-electron chi connectivity index (χ1n) is 21.7. The summed E-state index contributed by atoms with van der Waals surface area (Å²) in [4.78, 5) is 5.79. The first kappa shape index (κ1) is 33.5. The Morgan fingerprint density at radius 1 is 0.525 bits per heavy atom. The Kier molecular flexibility index (Phi) is 6.44. The molecule has 0 saturated carbocycles. The van der Waals surface area contributed by atoms with Gasteiger partial charge >= 0.3 is 0 Å². The molecule has 9 aromatic carbocycles. The van der Waals surface area contributed by atoms with Gasteiger partial charge in [0.05, 0.1) is 27.8 Å². The molecule has 2 heteroatoms. The van der Waals surface area contributed by atoms with Crippen molar-refractivity contribution in [1.82, 2.24) is 9.38 Å². The maximum absolute atomic E-state index is 5.79. The molecular formula is C59H40N2. The van der Waals surface area contributed by atoms with Gasteiger partial charge < -0.3 is 4.40 Å². The fourth-order valence-corrected chi connectivity index (χ4v) is 12.2. The van der Waals surface area contributed by atoms with Crippen LogP contribution in [0.4, 0.5) is 0 Å². The highest BCUT2D eigenvalue weighted by Crippen LogP contribution is 2.56. The number of hydrogen-bond donors (Lipinski definition) is 0. The highest BCUT2D eigenvalue weighted by molar-refractivity contribution is 6.31. The number of nitrogens with zero attached hydrogens (tertiary/aromatic N) is 2.